The molecular weight excluding hydrogens is 308 g/mol. The monoisotopic (exact) mass is 322 g/mol. The van der Waals surface area contributed by atoms with E-state index in [-0.39, 0.29) is 51.2 Å². The van der Waals surface area contributed by atoms with E-state index in [4.69, 9.17) is 0 Å². The molecule has 0 aromatic heterocycles. The first-order valence-electron chi connectivity index (χ1n) is 7.30. The quantitative estimate of drug-likeness (QED) is 0.757. The van der Waals surface area contributed by atoms with Crippen LogP contribution in [0.15, 0.2) is 36.4 Å². The number of rotatable bonds is 2. The van der Waals surface area contributed by atoms with Gasteiger partial charge in [-0.25, -0.2) is 0 Å². The zero-order chi connectivity index (χ0) is 17.4. The summed E-state index contributed by atoms with van der Waals surface area (Å²) in [6.07, 6.45) is 0. The molecule has 0 spiro atoms. The van der Waals surface area contributed by atoms with Gasteiger partial charge in [0.15, 0.2) is 11.6 Å². The van der Waals surface area contributed by atoms with E-state index in [2.05, 4.69) is 10.6 Å². The second-order valence-corrected chi connectivity index (χ2v) is 5.48. The van der Waals surface area contributed by atoms with Gasteiger partial charge in [0.1, 0.15) is 0 Å². The maximum Gasteiger partial charge on any atom is 0.221 e. The second kappa shape index (κ2) is 5.73. The van der Waals surface area contributed by atoms with Crippen molar-refractivity contribution in [1.82, 2.24) is 0 Å². The number of fused-ring (bicyclic) bond motifs is 2. The van der Waals surface area contributed by atoms with Crippen molar-refractivity contribution < 1.29 is 19.2 Å². The predicted octanol–water partition coefficient (Wildman–Crippen LogP) is 2.38. The average Bonchev–Trinajstić information content (AvgIpc) is 2.51. The Hall–Kier alpha value is -3.28. The molecule has 0 unspecified atom stereocenters. The van der Waals surface area contributed by atoms with Gasteiger partial charge in [0.25, 0.3) is 0 Å². The lowest BCUT2D eigenvalue weighted by Gasteiger charge is -2.22. The number of ketones is 2. The summed E-state index contributed by atoms with van der Waals surface area (Å²) < 4.78 is 0. The molecule has 0 heterocycles. The van der Waals surface area contributed by atoms with E-state index >= 15 is 0 Å². The van der Waals surface area contributed by atoms with Crippen molar-refractivity contribution >= 4 is 34.8 Å². The molecule has 1 aliphatic rings. The fourth-order valence-electron chi connectivity index (χ4n) is 2.83. The minimum absolute atomic E-state index is 0.142. The molecule has 0 radical (unpaired) electrons. The van der Waals surface area contributed by atoms with Crippen LogP contribution in [0.25, 0.3) is 0 Å². The number of carbonyl (C=O) groups is 4. The van der Waals surface area contributed by atoms with Crippen LogP contribution in [0.3, 0.4) is 0 Å². The van der Waals surface area contributed by atoms with Crippen LogP contribution in [0.2, 0.25) is 0 Å². The Morgan fingerprint density at radius 1 is 0.708 bits per heavy atom. The van der Waals surface area contributed by atoms with Crippen molar-refractivity contribution in [2.45, 2.75) is 13.8 Å². The van der Waals surface area contributed by atoms with Crippen LogP contribution in [0.5, 0.6) is 0 Å². The van der Waals surface area contributed by atoms with Gasteiger partial charge in [-0.05, 0) is 12.1 Å². The molecule has 0 saturated carbocycles. The summed E-state index contributed by atoms with van der Waals surface area (Å²) in [5.41, 5.74) is 1.31. The molecule has 2 aromatic carbocycles. The third-order valence-electron chi connectivity index (χ3n) is 3.69. The van der Waals surface area contributed by atoms with Crippen molar-refractivity contribution in [2.75, 3.05) is 10.6 Å². The van der Waals surface area contributed by atoms with Crippen LogP contribution in [-0.2, 0) is 9.59 Å². The van der Waals surface area contributed by atoms with E-state index in [9.17, 15) is 19.2 Å². The van der Waals surface area contributed by atoms with Crippen LogP contribution in [0.4, 0.5) is 11.4 Å². The molecule has 2 N–H and O–H groups in total. The molecule has 0 aliphatic heterocycles. The predicted molar refractivity (Wildman–Crippen MR) is 88.4 cm³/mol. The van der Waals surface area contributed by atoms with Gasteiger partial charge in [-0.15, -0.1) is 0 Å². The summed E-state index contributed by atoms with van der Waals surface area (Å²) in [5, 5.41) is 5.15. The Balaban J connectivity index is 2.24. The molecule has 2 amide bonds. The van der Waals surface area contributed by atoms with E-state index in [0.29, 0.717) is 0 Å². The summed E-state index contributed by atoms with van der Waals surface area (Å²) in [7, 11) is 0. The first-order chi connectivity index (χ1) is 11.4. The summed E-state index contributed by atoms with van der Waals surface area (Å²) in [5.74, 6) is -1.42. The highest BCUT2D eigenvalue weighted by atomic mass is 16.2. The lowest BCUT2D eigenvalue weighted by molar-refractivity contribution is -0.115. The third-order valence-corrected chi connectivity index (χ3v) is 3.69. The van der Waals surface area contributed by atoms with Crippen molar-refractivity contribution in [3.8, 4) is 0 Å². The van der Waals surface area contributed by atoms with Crippen LogP contribution in [0.1, 0.15) is 45.7 Å². The molecule has 24 heavy (non-hydrogen) atoms. The Morgan fingerprint density at radius 2 is 1.12 bits per heavy atom. The zero-order valence-electron chi connectivity index (χ0n) is 13.1. The first kappa shape index (κ1) is 15.6. The van der Waals surface area contributed by atoms with Gasteiger partial charge in [0.2, 0.25) is 11.8 Å². The first-order valence-corrected chi connectivity index (χ1v) is 7.30. The SMILES string of the molecule is CC(=O)Nc1cccc2c1C(=O)c1c(NC(C)=O)cccc1C2=O. The van der Waals surface area contributed by atoms with Gasteiger partial charge >= 0.3 is 0 Å². The van der Waals surface area contributed by atoms with Gasteiger partial charge in [0.05, 0.1) is 22.5 Å². The van der Waals surface area contributed by atoms with Crippen molar-refractivity contribution in [2.24, 2.45) is 0 Å². The molecule has 1 aliphatic carbocycles. The maximum atomic E-state index is 13.0. The molecule has 0 fully saturated rings. The van der Waals surface area contributed by atoms with Gasteiger partial charge in [-0.1, -0.05) is 24.3 Å². The van der Waals surface area contributed by atoms with Gasteiger partial charge in [-0.2, -0.15) is 0 Å². The fourth-order valence-corrected chi connectivity index (χ4v) is 2.83. The summed E-state index contributed by atoms with van der Waals surface area (Å²) in [6.45, 7) is 2.65. The Bertz CT molecular complexity index is 844. The topological polar surface area (TPSA) is 92.3 Å². The highest BCUT2D eigenvalue weighted by Crippen LogP contribution is 2.35. The van der Waals surface area contributed by atoms with Crippen LogP contribution >= 0.6 is 0 Å². The number of benzene rings is 2. The molecule has 6 nitrogen and oxygen atoms in total. The lowest BCUT2D eigenvalue weighted by atomic mass is 9.82. The maximum absolute atomic E-state index is 13.0. The number of anilines is 2. The number of hydrogen-bond acceptors (Lipinski definition) is 4. The van der Waals surface area contributed by atoms with Gasteiger partial charge < -0.3 is 10.6 Å². The molecule has 6 heteroatoms. The Kier molecular flexibility index (Phi) is 3.73. The van der Waals surface area contributed by atoms with Crippen LogP contribution < -0.4 is 10.6 Å². The van der Waals surface area contributed by atoms with E-state index in [0.717, 1.165) is 0 Å². The normalized spacial score (nSPS) is 12.2. The Labute approximate surface area is 137 Å². The number of amides is 2. The van der Waals surface area contributed by atoms with Crippen LogP contribution in [0, 0.1) is 0 Å². The smallest absolute Gasteiger partial charge is 0.221 e. The van der Waals surface area contributed by atoms with Crippen molar-refractivity contribution in [3.63, 3.8) is 0 Å². The third kappa shape index (κ3) is 2.48. The molecule has 0 atom stereocenters. The summed E-state index contributed by atoms with van der Waals surface area (Å²) >= 11 is 0. The number of carbonyl (C=O) groups excluding carboxylic acids is 4. The number of hydrogen-bond donors (Lipinski definition) is 2. The molecule has 0 bridgehead atoms. The minimum Gasteiger partial charge on any atom is -0.326 e. The molecule has 120 valence electrons. The fraction of sp³-hybridized carbons (Fsp3) is 0.111. The summed E-state index contributed by atoms with van der Waals surface area (Å²) in [6, 6.07) is 9.45. The standard InChI is InChI=1S/C18H14N2O4/c1-9(21)19-13-7-3-5-11-15(13)18(24)16-12(17(11)23)6-4-8-14(16)20-10(2)22/h3-8H,1-2H3,(H,19,21)(H,20,22). The molecule has 2 aromatic rings. The molecule has 0 saturated heterocycles. The van der Waals surface area contributed by atoms with E-state index < -0.39 is 5.78 Å². The minimum atomic E-state index is -0.409. The second-order valence-electron chi connectivity index (χ2n) is 5.48. The van der Waals surface area contributed by atoms with Crippen LogP contribution in [-0.4, -0.2) is 23.4 Å². The molecule has 3 rings (SSSR count). The molecular formula is C18H14N2O4. The lowest BCUT2D eigenvalue weighted by Crippen LogP contribution is -2.25. The Morgan fingerprint density at radius 3 is 1.50 bits per heavy atom. The van der Waals surface area contributed by atoms with Crippen molar-refractivity contribution in [3.05, 3.63) is 58.7 Å². The largest absolute Gasteiger partial charge is 0.326 e. The summed E-state index contributed by atoms with van der Waals surface area (Å²) in [4.78, 5) is 48.5. The zero-order valence-corrected chi connectivity index (χ0v) is 13.1. The van der Waals surface area contributed by atoms with E-state index in [1.807, 2.05) is 0 Å². The van der Waals surface area contributed by atoms with Crippen molar-refractivity contribution in [1.29, 1.82) is 0 Å². The van der Waals surface area contributed by atoms with Gasteiger partial charge in [0, 0.05) is 25.0 Å². The van der Waals surface area contributed by atoms with E-state index in [1.165, 1.54) is 13.8 Å². The average molecular weight is 322 g/mol. The van der Waals surface area contributed by atoms with E-state index in [1.54, 1.807) is 36.4 Å². The highest BCUT2D eigenvalue weighted by molar-refractivity contribution is 6.32. The highest BCUT2D eigenvalue weighted by Gasteiger charge is 2.33. The van der Waals surface area contributed by atoms with Gasteiger partial charge in [-0.3, -0.25) is 19.2 Å². The number of nitrogens with one attached hydrogen (secondary N) is 2.